The predicted molar refractivity (Wildman–Crippen MR) is 85.3 cm³/mol. The van der Waals surface area contributed by atoms with Crippen molar-refractivity contribution in [2.45, 2.75) is 25.3 Å². The first-order valence-electron chi connectivity index (χ1n) is 6.53. The van der Waals surface area contributed by atoms with Crippen molar-refractivity contribution in [2.75, 3.05) is 14.2 Å². The van der Waals surface area contributed by atoms with Crippen molar-refractivity contribution in [3.63, 3.8) is 0 Å². The fourth-order valence-electron chi connectivity index (χ4n) is 1.97. The highest BCUT2D eigenvalue weighted by Gasteiger charge is 2.13. The first kappa shape index (κ1) is 16.1. The molecule has 0 N–H and O–H groups in total. The number of benzene rings is 1. The van der Waals surface area contributed by atoms with Crippen molar-refractivity contribution in [2.24, 2.45) is 0 Å². The van der Waals surface area contributed by atoms with Gasteiger partial charge in [-0.1, -0.05) is 12.1 Å². The summed E-state index contributed by atoms with van der Waals surface area (Å²) in [4.78, 5) is 0. The van der Waals surface area contributed by atoms with E-state index in [1.807, 2.05) is 25.3 Å². The van der Waals surface area contributed by atoms with Crippen LogP contribution < -0.4 is 9.47 Å². The van der Waals surface area contributed by atoms with Crippen LogP contribution in [0.15, 0.2) is 22.8 Å². The van der Waals surface area contributed by atoms with Gasteiger partial charge in [0.2, 0.25) is 0 Å². The van der Waals surface area contributed by atoms with E-state index >= 15 is 0 Å². The largest absolute Gasteiger partial charge is 0.496 e. The number of hydrogen-bond donors (Lipinski definition) is 0. The quantitative estimate of drug-likeness (QED) is 0.722. The van der Waals surface area contributed by atoms with Crippen LogP contribution in [0.5, 0.6) is 11.5 Å². The number of nitrogens with zero attached hydrogens (tertiary/aromatic N) is 3. The molecule has 1 aromatic carbocycles. The third kappa shape index (κ3) is 3.68. The average molecular weight is 375 g/mol. The highest BCUT2D eigenvalue weighted by Crippen LogP contribution is 2.33. The van der Waals surface area contributed by atoms with Crippen LogP contribution in [-0.4, -0.2) is 29.2 Å². The summed E-state index contributed by atoms with van der Waals surface area (Å²) in [5.74, 6) is 1.51. The lowest BCUT2D eigenvalue weighted by Gasteiger charge is -2.12. The van der Waals surface area contributed by atoms with Crippen LogP contribution in [0.3, 0.4) is 0 Å². The zero-order chi connectivity index (χ0) is 15.4. The number of aromatic nitrogens is 3. The lowest BCUT2D eigenvalue weighted by molar-refractivity contribution is 0.394. The third-order valence-electron chi connectivity index (χ3n) is 3.12. The molecule has 21 heavy (non-hydrogen) atoms. The maximum absolute atomic E-state index is 6.17. The second-order valence-corrected chi connectivity index (χ2v) is 5.90. The van der Waals surface area contributed by atoms with Crippen molar-refractivity contribution in [1.82, 2.24) is 15.0 Å². The molecule has 0 aliphatic heterocycles. The van der Waals surface area contributed by atoms with E-state index in [9.17, 15) is 0 Å². The van der Waals surface area contributed by atoms with Crippen LogP contribution in [0, 0.1) is 0 Å². The van der Waals surface area contributed by atoms with Crippen LogP contribution in [0.4, 0.5) is 0 Å². The molecule has 0 saturated heterocycles. The summed E-state index contributed by atoms with van der Waals surface area (Å²) in [6.07, 6.45) is 2.67. The molecule has 0 radical (unpaired) electrons. The number of hydrogen-bond acceptors (Lipinski definition) is 4. The predicted octanol–water partition coefficient (Wildman–Crippen LogP) is 3.80. The molecule has 0 saturated carbocycles. The van der Waals surface area contributed by atoms with Crippen molar-refractivity contribution in [1.29, 1.82) is 0 Å². The van der Waals surface area contributed by atoms with Gasteiger partial charge in [-0.3, -0.25) is 0 Å². The van der Waals surface area contributed by atoms with E-state index in [1.165, 1.54) is 0 Å². The summed E-state index contributed by atoms with van der Waals surface area (Å²) in [6, 6.07) is 3.80. The summed E-state index contributed by atoms with van der Waals surface area (Å²) >= 11 is 9.61. The summed E-state index contributed by atoms with van der Waals surface area (Å²) < 4.78 is 13.3. The van der Waals surface area contributed by atoms with Gasteiger partial charge in [0.05, 0.1) is 36.8 Å². The van der Waals surface area contributed by atoms with E-state index in [-0.39, 0.29) is 5.38 Å². The smallest absolute Gasteiger partial charge is 0.133 e. The molecule has 2 aromatic rings. The Hall–Kier alpha value is -1.27. The number of ether oxygens (including phenoxy) is 2. The molecular weight excluding hydrogens is 358 g/mol. The molecule has 0 bridgehead atoms. The fraction of sp³-hybridized carbons (Fsp3) is 0.429. The second-order valence-electron chi connectivity index (χ2n) is 4.52. The van der Waals surface area contributed by atoms with Gasteiger partial charge in [0.1, 0.15) is 17.2 Å². The van der Waals surface area contributed by atoms with E-state index < -0.39 is 0 Å². The van der Waals surface area contributed by atoms with Gasteiger partial charge in [-0.2, -0.15) is 0 Å². The molecular formula is C14H17BrClN3O2. The molecule has 5 nitrogen and oxygen atoms in total. The molecule has 0 fully saturated rings. The molecule has 114 valence electrons. The SMILES string of the molecule is CCC(Cl)c1cn(Cc2cc(OC)c(Br)cc2OC)nn1. The van der Waals surface area contributed by atoms with E-state index in [1.54, 1.807) is 18.9 Å². The van der Waals surface area contributed by atoms with Crippen molar-refractivity contribution in [3.8, 4) is 11.5 Å². The van der Waals surface area contributed by atoms with Crippen LogP contribution in [0.1, 0.15) is 30.0 Å². The highest BCUT2D eigenvalue weighted by molar-refractivity contribution is 9.10. The zero-order valence-corrected chi connectivity index (χ0v) is 14.5. The van der Waals surface area contributed by atoms with Gasteiger partial charge >= 0.3 is 0 Å². The number of alkyl halides is 1. The van der Waals surface area contributed by atoms with Crippen molar-refractivity contribution < 1.29 is 9.47 Å². The lowest BCUT2D eigenvalue weighted by atomic mass is 10.2. The second kappa shape index (κ2) is 7.13. The fourth-order valence-corrected chi connectivity index (χ4v) is 2.55. The monoisotopic (exact) mass is 373 g/mol. The Bertz CT molecular complexity index is 618. The summed E-state index contributed by atoms with van der Waals surface area (Å²) in [6.45, 7) is 2.55. The van der Waals surface area contributed by atoms with E-state index in [0.29, 0.717) is 6.54 Å². The third-order valence-corrected chi connectivity index (χ3v) is 4.27. The number of methoxy groups -OCH3 is 2. The Labute approximate surface area is 137 Å². The molecule has 1 atom stereocenters. The van der Waals surface area contributed by atoms with Crippen LogP contribution in [0.2, 0.25) is 0 Å². The molecule has 0 aliphatic rings. The normalized spacial score (nSPS) is 12.2. The zero-order valence-electron chi connectivity index (χ0n) is 12.1. The highest BCUT2D eigenvalue weighted by atomic mass is 79.9. The van der Waals surface area contributed by atoms with E-state index in [0.717, 1.165) is 33.6 Å². The summed E-state index contributed by atoms with van der Waals surface area (Å²) in [5.41, 5.74) is 1.74. The van der Waals surface area contributed by atoms with Crippen LogP contribution in [-0.2, 0) is 6.54 Å². The maximum Gasteiger partial charge on any atom is 0.133 e. The lowest BCUT2D eigenvalue weighted by Crippen LogP contribution is -2.03. The molecule has 7 heteroatoms. The Morgan fingerprint density at radius 1 is 1.29 bits per heavy atom. The topological polar surface area (TPSA) is 49.2 Å². The van der Waals surface area contributed by atoms with E-state index in [4.69, 9.17) is 21.1 Å². The van der Waals surface area contributed by atoms with Crippen LogP contribution in [0.25, 0.3) is 0 Å². The van der Waals surface area contributed by atoms with Gasteiger partial charge in [0.25, 0.3) is 0 Å². The maximum atomic E-state index is 6.17. The molecule has 1 unspecified atom stereocenters. The van der Waals surface area contributed by atoms with Gasteiger partial charge in [0.15, 0.2) is 0 Å². The van der Waals surface area contributed by atoms with Crippen molar-refractivity contribution in [3.05, 3.63) is 34.1 Å². The van der Waals surface area contributed by atoms with Gasteiger partial charge in [-0.15, -0.1) is 16.7 Å². The molecule has 1 heterocycles. The van der Waals surface area contributed by atoms with Gasteiger partial charge in [-0.05, 0) is 34.5 Å². The Morgan fingerprint density at radius 2 is 2.00 bits per heavy atom. The Morgan fingerprint density at radius 3 is 2.62 bits per heavy atom. The van der Waals surface area contributed by atoms with E-state index in [2.05, 4.69) is 26.2 Å². The van der Waals surface area contributed by atoms with Crippen LogP contribution >= 0.6 is 27.5 Å². The first-order valence-corrected chi connectivity index (χ1v) is 7.76. The molecule has 0 spiro atoms. The Balaban J connectivity index is 2.28. The molecule has 0 aliphatic carbocycles. The molecule has 1 aromatic heterocycles. The molecule has 2 rings (SSSR count). The minimum Gasteiger partial charge on any atom is -0.496 e. The number of halogens is 2. The summed E-state index contributed by atoms with van der Waals surface area (Å²) in [7, 11) is 3.26. The number of rotatable bonds is 6. The Kier molecular flexibility index (Phi) is 5.47. The standard InChI is InChI=1S/C14H17BrClN3O2/c1-4-11(16)12-8-19(18-17-12)7-9-5-14(21-3)10(15)6-13(9)20-2/h5-6,8,11H,4,7H2,1-3H3. The first-order chi connectivity index (χ1) is 10.1. The minimum atomic E-state index is -0.111. The molecule has 0 amide bonds. The van der Waals surface area contributed by atoms with Gasteiger partial charge in [0, 0.05) is 5.56 Å². The average Bonchev–Trinajstić information content (AvgIpc) is 2.96. The summed E-state index contributed by atoms with van der Waals surface area (Å²) in [5, 5.41) is 8.10. The van der Waals surface area contributed by atoms with Gasteiger partial charge < -0.3 is 9.47 Å². The van der Waals surface area contributed by atoms with Crippen molar-refractivity contribution >= 4 is 27.5 Å². The van der Waals surface area contributed by atoms with Gasteiger partial charge in [-0.25, -0.2) is 4.68 Å². The minimum absolute atomic E-state index is 0.111.